The first kappa shape index (κ1) is 21.4. The molecule has 6 heteroatoms. The summed E-state index contributed by atoms with van der Waals surface area (Å²) < 4.78 is 1.38. The molecule has 0 spiro atoms. The Kier molecular flexibility index (Phi) is 6.22. The molecule has 1 saturated heterocycles. The van der Waals surface area contributed by atoms with Gasteiger partial charge < -0.3 is 4.90 Å². The zero-order valence-electron chi connectivity index (χ0n) is 18.3. The van der Waals surface area contributed by atoms with Crippen molar-refractivity contribution in [3.63, 3.8) is 0 Å². The van der Waals surface area contributed by atoms with Crippen LogP contribution >= 0.6 is 11.6 Å². The van der Waals surface area contributed by atoms with Crippen LogP contribution in [-0.4, -0.2) is 38.5 Å². The minimum Gasteiger partial charge on any atom is -0.320 e. The zero-order valence-corrected chi connectivity index (χ0v) is 19.0. The predicted molar refractivity (Wildman–Crippen MR) is 131 cm³/mol. The fourth-order valence-electron chi connectivity index (χ4n) is 4.49. The van der Waals surface area contributed by atoms with Crippen LogP contribution in [0.15, 0.2) is 85.1 Å². The summed E-state index contributed by atoms with van der Waals surface area (Å²) in [5.74, 6) is 0. The van der Waals surface area contributed by atoms with E-state index in [1.807, 2.05) is 71.6 Å². The van der Waals surface area contributed by atoms with Crippen LogP contribution in [0.2, 0.25) is 5.02 Å². The topological polar surface area (TPSA) is 51.0 Å². The van der Waals surface area contributed by atoms with Gasteiger partial charge in [0.1, 0.15) is 5.69 Å². The van der Waals surface area contributed by atoms with Gasteiger partial charge in [0.2, 0.25) is 0 Å². The summed E-state index contributed by atoms with van der Waals surface area (Å²) in [6, 6.07) is 26.2. The van der Waals surface area contributed by atoms with Crippen LogP contribution in [0, 0.1) is 0 Å². The first-order valence-electron chi connectivity index (χ1n) is 11.3. The fraction of sp³-hybridized carbons (Fsp3) is 0.222. The third kappa shape index (κ3) is 4.69. The molecular formula is C27H25ClN4O. The third-order valence-corrected chi connectivity index (χ3v) is 6.57. The highest BCUT2D eigenvalue weighted by Crippen LogP contribution is 2.29. The summed E-state index contributed by atoms with van der Waals surface area (Å²) >= 11 is 6.32. The Hall–Kier alpha value is -3.44. The second-order valence-corrected chi connectivity index (χ2v) is 8.83. The highest BCUT2D eigenvalue weighted by Gasteiger charge is 2.28. The van der Waals surface area contributed by atoms with Gasteiger partial charge in [0.15, 0.2) is 0 Å². The number of hydrogen-bond acceptors (Lipinski definition) is 3. The van der Waals surface area contributed by atoms with Crippen molar-refractivity contribution in [2.45, 2.75) is 31.7 Å². The molecule has 1 aromatic heterocycles. The Balaban J connectivity index is 1.33. The van der Waals surface area contributed by atoms with Crippen molar-refractivity contribution in [2.24, 2.45) is 0 Å². The van der Waals surface area contributed by atoms with E-state index < -0.39 is 0 Å². The quantitative estimate of drug-likeness (QED) is 0.360. The number of halogens is 1. The molecule has 0 radical (unpaired) electrons. The minimum absolute atomic E-state index is 0.109. The molecule has 1 unspecified atom stereocenters. The summed E-state index contributed by atoms with van der Waals surface area (Å²) in [5.41, 5.74) is 4.85. The number of amides is 1. The molecule has 3 aromatic carbocycles. The maximum absolute atomic E-state index is 13.3. The van der Waals surface area contributed by atoms with Gasteiger partial charge in [-0.1, -0.05) is 89.6 Å². The number of likely N-dealkylation sites (tertiary alicyclic amines) is 1. The van der Waals surface area contributed by atoms with Crippen LogP contribution in [0.3, 0.4) is 0 Å². The Morgan fingerprint density at radius 3 is 2.42 bits per heavy atom. The van der Waals surface area contributed by atoms with E-state index in [0.717, 1.165) is 48.9 Å². The van der Waals surface area contributed by atoms with Crippen LogP contribution in [0.4, 0.5) is 4.79 Å². The first-order valence-corrected chi connectivity index (χ1v) is 11.7. The Bertz CT molecular complexity index is 1240. The third-order valence-electron chi connectivity index (χ3n) is 6.24. The van der Waals surface area contributed by atoms with E-state index in [0.29, 0.717) is 10.7 Å². The molecular weight excluding hydrogens is 432 g/mol. The minimum atomic E-state index is -0.109. The smallest absolute Gasteiger partial charge is 0.320 e. The maximum Gasteiger partial charge on any atom is 0.346 e. The van der Waals surface area contributed by atoms with Gasteiger partial charge in [-0.3, -0.25) is 0 Å². The fourth-order valence-corrected chi connectivity index (χ4v) is 4.73. The van der Waals surface area contributed by atoms with Gasteiger partial charge in [0.05, 0.1) is 6.20 Å². The van der Waals surface area contributed by atoms with Crippen LogP contribution in [0.5, 0.6) is 0 Å². The normalized spacial score (nSPS) is 16.0. The highest BCUT2D eigenvalue weighted by molar-refractivity contribution is 6.33. The van der Waals surface area contributed by atoms with Crippen molar-refractivity contribution in [1.29, 1.82) is 0 Å². The monoisotopic (exact) mass is 456 g/mol. The molecule has 5 rings (SSSR count). The molecule has 166 valence electrons. The number of rotatable bonds is 4. The predicted octanol–water partition coefficient (Wildman–Crippen LogP) is 6.33. The van der Waals surface area contributed by atoms with E-state index in [-0.39, 0.29) is 12.1 Å². The summed E-state index contributed by atoms with van der Waals surface area (Å²) in [4.78, 5) is 15.2. The van der Waals surface area contributed by atoms with E-state index in [9.17, 15) is 4.79 Å². The Labute approximate surface area is 198 Å². The Morgan fingerprint density at radius 1 is 0.909 bits per heavy atom. The molecule has 0 N–H and O–H groups in total. The van der Waals surface area contributed by atoms with Gasteiger partial charge in [0, 0.05) is 28.7 Å². The highest BCUT2D eigenvalue weighted by atomic mass is 35.5. The molecule has 1 aliphatic heterocycles. The van der Waals surface area contributed by atoms with Crippen LogP contribution < -0.4 is 0 Å². The lowest BCUT2D eigenvalue weighted by Crippen LogP contribution is -2.46. The molecule has 1 amide bonds. The van der Waals surface area contributed by atoms with E-state index >= 15 is 0 Å². The number of carbonyl (C=O) groups is 1. The summed E-state index contributed by atoms with van der Waals surface area (Å²) in [6.07, 6.45) is 5.74. The standard InChI is InChI=1S/C27H25ClN4O/c28-25-12-5-4-11-24(25)21-13-15-22(16-14-21)26-19-32(30-29-26)27(33)31-17-7-6-10-23(31)18-20-8-2-1-3-9-20/h1-5,8-9,11-16,19,23H,6-7,10,17-18H2. The van der Waals surface area contributed by atoms with Gasteiger partial charge in [-0.15, -0.1) is 5.10 Å². The molecule has 4 aromatic rings. The molecule has 0 bridgehead atoms. The zero-order chi connectivity index (χ0) is 22.6. The van der Waals surface area contributed by atoms with Crippen molar-refractivity contribution < 1.29 is 4.79 Å². The van der Waals surface area contributed by atoms with Crippen LogP contribution in [-0.2, 0) is 6.42 Å². The average molecular weight is 457 g/mol. The van der Waals surface area contributed by atoms with E-state index in [1.165, 1.54) is 10.2 Å². The summed E-state index contributed by atoms with van der Waals surface area (Å²) in [6.45, 7) is 0.748. The second kappa shape index (κ2) is 9.59. The van der Waals surface area contributed by atoms with Gasteiger partial charge in [-0.05, 0) is 42.9 Å². The molecule has 1 fully saturated rings. The van der Waals surface area contributed by atoms with Crippen LogP contribution in [0.1, 0.15) is 24.8 Å². The molecule has 1 aliphatic rings. The number of aromatic nitrogens is 3. The number of benzene rings is 3. The van der Waals surface area contributed by atoms with Crippen LogP contribution in [0.25, 0.3) is 22.4 Å². The van der Waals surface area contributed by atoms with Crippen molar-refractivity contribution in [2.75, 3.05) is 6.54 Å². The lowest BCUT2D eigenvalue weighted by molar-refractivity contribution is 0.149. The van der Waals surface area contributed by atoms with E-state index in [4.69, 9.17) is 11.6 Å². The number of nitrogens with zero attached hydrogens (tertiary/aromatic N) is 4. The van der Waals surface area contributed by atoms with E-state index in [1.54, 1.807) is 6.20 Å². The molecule has 5 nitrogen and oxygen atoms in total. The lowest BCUT2D eigenvalue weighted by atomic mass is 9.96. The SMILES string of the molecule is O=C(N1CCCCC1Cc1ccccc1)n1cc(-c2ccc(-c3ccccc3Cl)cc2)nn1. The van der Waals surface area contributed by atoms with Crippen molar-refractivity contribution in [1.82, 2.24) is 19.9 Å². The van der Waals surface area contributed by atoms with Gasteiger partial charge in [-0.2, -0.15) is 4.68 Å². The average Bonchev–Trinajstić information content (AvgIpc) is 3.36. The summed E-state index contributed by atoms with van der Waals surface area (Å²) in [7, 11) is 0. The van der Waals surface area contributed by atoms with Gasteiger partial charge in [-0.25, -0.2) is 4.79 Å². The molecule has 1 atom stereocenters. The second-order valence-electron chi connectivity index (χ2n) is 8.42. The molecule has 0 aliphatic carbocycles. The Morgan fingerprint density at radius 2 is 1.64 bits per heavy atom. The maximum atomic E-state index is 13.3. The van der Waals surface area contributed by atoms with Crippen molar-refractivity contribution >= 4 is 17.6 Å². The van der Waals surface area contributed by atoms with Crippen molar-refractivity contribution in [3.05, 3.63) is 95.6 Å². The molecule has 0 saturated carbocycles. The number of piperidine rings is 1. The number of carbonyl (C=O) groups excluding carboxylic acids is 1. The lowest BCUT2D eigenvalue weighted by Gasteiger charge is -2.35. The van der Waals surface area contributed by atoms with Gasteiger partial charge in [0.25, 0.3) is 0 Å². The first-order chi connectivity index (χ1) is 16.2. The molecule has 2 heterocycles. The number of hydrogen-bond donors (Lipinski definition) is 0. The van der Waals surface area contributed by atoms with Gasteiger partial charge >= 0.3 is 6.03 Å². The van der Waals surface area contributed by atoms with Crippen molar-refractivity contribution in [3.8, 4) is 22.4 Å². The molecule has 33 heavy (non-hydrogen) atoms. The summed E-state index contributed by atoms with van der Waals surface area (Å²) in [5, 5.41) is 9.15. The largest absolute Gasteiger partial charge is 0.346 e. The van der Waals surface area contributed by atoms with E-state index in [2.05, 4.69) is 22.4 Å².